The van der Waals surface area contributed by atoms with Gasteiger partial charge >= 0.3 is 27.3 Å². The molecule has 134 valence electrons. The van der Waals surface area contributed by atoms with Gasteiger partial charge in [-0.1, -0.05) is 111 Å². The largest absolute Gasteiger partial charge is 2.00 e. The molecule has 0 aliphatic heterocycles. The summed E-state index contributed by atoms with van der Waals surface area (Å²) in [6, 6.07) is 0. The quantitative estimate of drug-likeness (QED) is 0.177. The second kappa shape index (κ2) is 19.4. The van der Waals surface area contributed by atoms with Gasteiger partial charge in [0, 0.05) is 0 Å². The van der Waals surface area contributed by atoms with Crippen LogP contribution in [0.15, 0.2) is 0 Å². The summed E-state index contributed by atoms with van der Waals surface area (Å²) in [6.45, 7) is 2.26. The predicted octanol–water partition coefficient (Wildman–Crippen LogP) is 5.16. The first-order valence-corrected chi connectivity index (χ1v) is 11.3. The maximum atomic E-state index is 10.5. The van der Waals surface area contributed by atoms with Gasteiger partial charge < -0.3 is 14.4 Å². The molecule has 0 N–H and O–H groups in total. The minimum absolute atomic E-state index is 0. The molecule has 0 aromatic heterocycles. The molecular formula is C18H37CdO3P. The monoisotopic (exact) mass is 446 g/mol. The molecule has 0 aliphatic carbocycles. The van der Waals surface area contributed by atoms with Gasteiger partial charge in [0.2, 0.25) is 0 Å². The Morgan fingerprint density at radius 2 is 0.826 bits per heavy atom. The molecule has 0 amide bonds. The summed E-state index contributed by atoms with van der Waals surface area (Å²) in [5, 5.41) is 0. The molecule has 0 heterocycles. The molecule has 0 spiro atoms. The number of hydrogen-bond donors (Lipinski definition) is 0. The molecule has 23 heavy (non-hydrogen) atoms. The maximum Gasteiger partial charge on any atom is 2.00 e. The average Bonchev–Trinajstić information content (AvgIpc) is 2.45. The molecule has 0 radical (unpaired) electrons. The molecule has 0 bridgehead atoms. The van der Waals surface area contributed by atoms with Gasteiger partial charge in [-0.25, -0.2) is 0 Å². The number of unbranched alkanes of at least 4 members (excludes halogenated alkanes) is 15. The molecule has 0 aromatic rings. The Bertz CT molecular complexity index is 269. The fourth-order valence-electron chi connectivity index (χ4n) is 2.85. The molecule has 0 atom stereocenters. The van der Waals surface area contributed by atoms with Gasteiger partial charge in [0.25, 0.3) is 0 Å². The first kappa shape index (κ1) is 26.3. The van der Waals surface area contributed by atoms with E-state index in [2.05, 4.69) is 6.92 Å². The van der Waals surface area contributed by atoms with Gasteiger partial charge in [-0.3, -0.25) is 0 Å². The molecule has 0 rings (SSSR count). The SMILES string of the molecule is CCCCCCCCCCCCCCCCCCP(=O)([O-])[O-].[Cd+2]. The van der Waals surface area contributed by atoms with Gasteiger partial charge in [0.15, 0.2) is 0 Å². The fourth-order valence-corrected chi connectivity index (χ4v) is 3.46. The van der Waals surface area contributed by atoms with E-state index in [9.17, 15) is 14.4 Å². The van der Waals surface area contributed by atoms with E-state index >= 15 is 0 Å². The van der Waals surface area contributed by atoms with Crippen molar-refractivity contribution in [1.29, 1.82) is 0 Å². The van der Waals surface area contributed by atoms with Crippen LogP contribution in [0.5, 0.6) is 0 Å². The Balaban J connectivity index is 0. The van der Waals surface area contributed by atoms with E-state index in [1.807, 2.05) is 0 Å². The molecule has 0 fully saturated rings. The van der Waals surface area contributed by atoms with E-state index in [1.54, 1.807) is 0 Å². The van der Waals surface area contributed by atoms with Crippen molar-refractivity contribution in [2.75, 3.05) is 6.16 Å². The Morgan fingerprint density at radius 1 is 0.565 bits per heavy atom. The molecule has 0 unspecified atom stereocenters. The third-order valence-corrected chi connectivity index (χ3v) is 5.15. The summed E-state index contributed by atoms with van der Waals surface area (Å²) in [7, 11) is -4.25. The van der Waals surface area contributed by atoms with Gasteiger partial charge in [0.1, 0.15) is 0 Å². The van der Waals surface area contributed by atoms with Crippen molar-refractivity contribution in [3.8, 4) is 0 Å². The van der Waals surface area contributed by atoms with Gasteiger partial charge in [0.05, 0.1) is 0 Å². The maximum absolute atomic E-state index is 10.5. The normalized spacial score (nSPS) is 11.4. The third-order valence-electron chi connectivity index (χ3n) is 4.29. The van der Waals surface area contributed by atoms with E-state index in [-0.39, 0.29) is 33.5 Å². The smallest absolute Gasteiger partial charge is 0.811 e. The van der Waals surface area contributed by atoms with Crippen molar-refractivity contribution in [2.45, 2.75) is 110 Å². The summed E-state index contributed by atoms with van der Waals surface area (Å²) >= 11 is 0. The molecule has 0 aromatic carbocycles. The zero-order valence-electron chi connectivity index (χ0n) is 15.4. The molecule has 0 aliphatic rings. The number of hydrogen-bond acceptors (Lipinski definition) is 3. The van der Waals surface area contributed by atoms with Crippen LogP contribution < -0.4 is 9.79 Å². The van der Waals surface area contributed by atoms with Crippen LogP contribution in [-0.2, 0) is 31.9 Å². The number of rotatable bonds is 17. The van der Waals surface area contributed by atoms with Crippen molar-refractivity contribution < 1.29 is 41.7 Å². The fraction of sp³-hybridized carbons (Fsp3) is 1.00. The van der Waals surface area contributed by atoms with Crippen LogP contribution in [0.2, 0.25) is 0 Å². The second-order valence-electron chi connectivity index (χ2n) is 6.64. The van der Waals surface area contributed by atoms with Crippen LogP contribution in [0.4, 0.5) is 0 Å². The first-order valence-electron chi connectivity index (χ1n) is 9.57. The van der Waals surface area contributed by atoms with E-state index in [4.69, 9.17) is 0 Å². The van der Waals surface area contributed by atoms with E-state index in [0.29, 0.717) is 6.42 Å². The van der Waals surface area contributed by atoms with Crippen molar-refractivity contribution in [3.05, 3.63) is 0 Å². The van der Waals surface area contributed by atoms with Crippen molar-refractivity contribution in [1.82, 2.24) is 0 Å². The van der Waals surface area contributed by atoms with Gasteiger partial charge in [-0.2, -0.15) is 0 Å². The Hall–Kier alpha value is 1.07. The molecule has 5 heteroatoms. The minimum Gasteiger partial charge on any atom is -0.811 e. The molecular weight excluding hydrogens is 408 g/mol. The average molecular weight is 445 g/mol. The van der Waals surface area contributed by atoms with Crippen LogP contribution in [-0.4, -0.2) is 6.16 Å². The summed E-state index contributed by atoms with van der Waals surface area (Å²) in [5.74, 6) is 0. The van der Waals surface area contributed by atoms with Crippen LogP contribution in [0.3, 0.4) is 0 Å². The Labute approximate surface area is 164 Å². The molecule has 0 saturated heterocycles. The summed E-state index contributed by atoms with van der Waals surface area (Å²) < 4.78 is 10.5. The zero-order chi connectivity index (χ0) is 16.5. The second-order valence-corrected chi connectivity index (χ2v) is 8.31. The minimum atomic E-state index is -4.25. The van der Waals surface area contributed by atoms with Gasteiger partial charge in [-0.15, -0.1) is 0 Å². The van der Waals surface area contributed by atoms with Crippen molar-refractivity contribution >= 4 is 7.60 Å². The predicted molar refractivity (Wildman–Crippen MR) is 92.0 cm³/mol. The van der Waals surface area contributed by atoms with Crippen molar-refractivity contribution in [3.63, 3.8) is 0 Å². The van der Waals surface area contributed by atoms with E-state index in [1.165, 1.54) is 83.5 Å². The molecule has 3 nitrogen and oxygen atoms in total. The van der Waals surface area contributed by atoms with Crippen LogP contribution >= 0.6 is 7.60 Å². The summed E-state index contributed by atoms with van der Waals surface area (Å²) in [5.41, 5.74) is 0. The van der Waals surface area contributed by atoms with E-state index < -0.39 is 7.60 Å². The Morgan fingerprint density at radius 3 is 1.09 bits per heavy atom. The Kier molecular flexibility index (Phi) is 22.2. The first-order chi connectivity index (χ1) is 10.6. The van der Waals surface area contributed by atoms with Crippen molar-refractivity contribution in [2.24, 2.45) is 0 Å². The topological polar surface area (TPSA) is 63.2 Å². The summed E-state index contributed by atoms with van der Waals surface area (Å²) in [4.78, 5) is 20.9. The van der Waals surface area contributed by atoms with Gasteiger partial charge in [-0.05, 0) is 12.6 Å². The van der Waals surface area contributed by atoms with Crippen LogP contribution in [0, 0.1) is 0 Å². The standard InChI is InChI=1S/C18H39O3P.Cd/c1-2-3-4-5-6-7-8-9-10-11-12-13-14-15-16-17-18-22(19,20)21;/h2-18H2,1H3,(H2,19,20,21);/q;+2/p-2. The third kappa shape index (κ3) is 25.4. The summed E-state index contributed by atoms with van der Waals surface area (Å²) in [6.07, 6.45) is 19.9. The van der Waals surface area contributed by atoms with Crippen LogP contribution in [0.25, 0.3) is 0 Å². The molecule has 0 saturated carbocycles. The van der Waals surface area contributed by atoms with Crippen LogP contribution in [0.1, 0.15) is 110 Å². The zero-order valence-corrected chi connectivity index (χ0v) is 20.3. The van der Waals surface area contributed by atoms with E-state index in [0.717, 1.165) is 12.8 Å².